The van der Waals surface area contributed by atoms with Gasteiger partial charge in [-0.2, -0.15) is 0 Å². The molecule has 1 aliphatic rings. The Kier molecular flexibility index (Phi) is 5.46. The van der Waals surface area contributed by atoms with E-state index in [-0.39, 0.29) is 5.84 Å². The third kappa shape index (κ3) is 3.35. The van der Waals surface area contributed by atoms with Gasteiger partial charge < -0.3 is 9.94 Å². The Balaban J connectivity index is 2.29. The van der Waals surface area contributed by atoms with Gasteiger partial charge in [-0.1, -0.05) is 37.5 Å². The summed E-state index contributed by atoms with van der Waals surface area (Å²) >= 11 is 0. The molecule has 0 amide bonds. The standard InChI is InChI=1S/C21H33N2O3/c1-9-15(2)14-26-19(3,4)17-12-10-16(11-13-17)18-22(24)20(5,6)21(7,8)23(18)25/h10-13,15H,9,14H2,1-8H3/t15-/m0/s1. The van der Waals surface area contributed by atoms with Crippen molar-refractivity contribution in [2.45, 2.75) is 78.5 Å². The van der Waals surface area contributed by atoms with Gasteiger partial charge in [0.15, 0.2) is 5.54 Å². The molecule has 0 fully saturated rings. The molecule has 1 atom stereocenters. The lowest BCUT2D eigenvalue weighted by Gasteiger charge is -2.32. The van der Waals surface area contributed by atoms with E-state index in [0.29, 0.717) is 18.1 Å². The number of hydrogen-bond donors (Lipinski definition) is 0. The first-order valence-electron chi connectivity index (χ1n) is 9.42. The lowest BCUT2D eigenvalue weighted by molar-refractivity contribution is -0.539. The van der Waals surface area contributed by atoms with Gasteiger partial charge in [0.25, 0.3) is 0 Å². The van der Waals surface area contributed by atoms with Crippen molar-refractivity contribution in [3.05, 3.63) is 40.6 Å². The Morgan fingerprint density at radius 1 is 1.19 bits per heavy atom. The van der Waals surface area contributed by atoms with Crippen LogP contribution >= 0.6 is 0 Å². The Bertz CT molecular complexity index is 675. The SMILES string of the molecule is CC[C@H](C)COC(C)(C)c1ccc(C2=[N+]([O-])C(C)(C)C(C)(C)N2[O])cc1. The number of hydroxylamine groups is 3. The predicted octanol–water partition coefficient (Wildman–Crippen LogP) is 4.46. The largest absolute Gasteiger partial charge is 0.714 e. The molecule has 1 aliphatic heterocycles. The average Bonchev–Trinajstić information content (AvgIpc) is 2.70. The van der Waals surface area contributed by atoms with Crippen molar-refractivity contribution >= 4 is 5.84 Å². The first kappa shape index (κ1) is 20.7. The first-order chi connectivity index (χ1) is 11.9. The number of ether oxygens (including phenoxy) is 1. The molecule has 145 valence electrons. The Morgan fingerprint density at radius 3 is 2.15 bits per heavy atom. The minimum absolute atomic E-state index is 0.171. The highest BCUT2D eigenvalue weighted by molar-refractivity contribution is 5.96. The Labute approximate surface area is 157 Å². The van der Waals surface area contributed by atoms with Crippen molar-refractivity contribution in [3.8, 4) is 0 Å². The van der Waals surface area contributed by atoms with Gasteiger partial charge in [-0.3, -0.25) is 4.74 Å². The van der Waals surface area contributed by atoms with Crippen molar-refractivity contribution < 1.29 is 14.7 Å². The molecule has 0 spiro atoms. The zero-order valence-corrected chi connectivity index (χ0v) is 17.4. The van der Waals surface area contributed by atoms with Crippen molar-refractivity contribution in [2.24, 2.45) is 5.92 Å². The third-order valence-corrected chi connectivity index (χ3v) is 6.16. The van der Waals surface area contributed by atoms with Gasteiger partial charge in [0.05, 0.1) is 17.8 Å². The second-order valence-corrected chi connectivity index (χ2v) is 8.94. The van der Waals surface area contributed by atoms with Crippen molar-refractivity contribution in [3.63, 3.8) is 0 Å². The lowest BCUT2D eigenvalue weighted by atomic mass is 9.84. The summed E-state index contributed by atoms with van der Waals surface area (Å²) in [7, 11) is 0. The van der Waals surface area contributed by atoms with Crippen LogP contribution in [-0.4, -0.2) is 33.3 Å². The predicted molar refractivity (Wildman–Crippen MR) is 103 cm³/mol. The molecule has 0 aromatic heterocycles. The zero-order valence-electron chi connectivity index (χ0n) is 17.4. The molecule has 1 aromatic rings. The maximum Gasteiger partial charge on any atom is 0.316 e. The van der Waals surface area contributed by atoms with Crippen LogP contribution in [0.5, 0.6) is 0 Å². The van der Waals surface area contributed by atoms with Crippen molar-refractivity contribution in [1.29, 1.82) is 0 Å². The molecule has 26 heavy (non-hydrogen) atoms. The molecule has 0 bridgehead atoms. The maximum atomic E-state index is 12.8. The van der Waals surface area contributed by atoms with E-state index in [1.54, 1.807) is 27.7 Å². The van der Waals surface area contributed by atoms with Crippen LogP contribution in [0, 0.1) is 11.1 Å². The average molecular weight is 362 g/mol. The summed E-state index contributed by atoms with van der Waals surface area (Å²) in [5, 5.41) is 26.4. The summed E-state index contributed by atoms with van der Waals surface area (Å²) in [5.41, 5.74) is -0.371. The molecule has 0 N–H and O–H groups in total. The van der Waals surface area contributed by atoms with E-state index in [4.69, 9.17) is 4.74 Å². The van der Waals surface area contributed by atoms with Crippen LogP contribution in [0.4, 0.5) is 0 Å². The minimum atomic E-state index is -0.804. The van der Waals surface area contributed by atoms with Crippen LogP contribution in [0.25, 0.3) is 0 Å². The Hall–Kier alpha value is -1.59. The quantitative estimate of drug-likeness (QED) is 0.555. The molecule has 5 heteroatoms. The molecule has 0 saturated carbocycles. The highest BCUT2D eigenvalue weighted by atomic mass is 16.5. The number of rotatable bonds is 6. The van der Waals surface area contributed by atoms with E-state index in [0.717, 1.165) is 21.8 Å². The first-order valence-corrected chi connectivity index (χ1v) is 9.42. The van der Waals surface area contributed by atoms with Gasteiger partial charge in [-0.15, -0.1) is 0 Å². The van der Waals surface area contributed by atoms with Crippen LogP contribution in [0.1, 0.15) is 72.9 Å². The van der Waals surface area contributed by atoms with E-state index in [1.165, 1.54) is 0 Å². The molecule has 1 radical (unpaired) electrons. The number of nitrogens with zero attached hydrogens (tertiary/aromatic N) is 2. The molecular formula is C21H33N2O3. The second kappa shape index (κ2) is 6.86. The van der Waals surface area contributed by atoms with E-state index < -0.39 is 16.7 Å². The fourth-order valence-electron chi connectivity index (χ4n) is 2.92. The Morgan fingerprint density at radius 2 is 1.73 bits per heavy atom. The van der Waals surface area contributed by atoms with E-state index in [2.05, 4.69) is 13.8 Å². The second-order valence-electron chi connectivity index (χ2n) is 8.94. The summed E-state index contributed by atoms with van der Waals surface area (Å²) in [5.74, 6) is 0.681. The summed E-state index contributed by atoms with van der Waals surface area (Å²) in [6.45, 7) is 16.3. The fourth-order valence-corrected chi connectivity index (χ4v) is 2.92. The molecule has 5 nitrogen and oxygen atoms in total. The van der Waals surface area contributed by atoms with Gasteiger partial charge in [0.1, 0.15) is 5.54 Å². The molecular weight excluding hydrogens is 328 g/mol. The van der Waals surface area contributed by atoms with E-state index in [9.17, 15) is 10.4 Å². The number of benzene rings is 1. The summed E-state index contributed by atoms with van der Waals surface area (Å²) in [4.78, 5) is 0. The topological polar surface area (TPSA) is 58.4 Å². The van der Waals surface area contributed by atoms with Crippen LogP contribution < -0.4 is 0 Å². The molecule has 0 saturated heterocycles. The number of amidine groups is 1. The van der Waals surface area contributed by atoms with Crippen LogP contribution in [-0.2, 0) is 15.5 Å². The molecule has 0 unspecified atom stereocenters. The molecule has 2 rings (SSSR count). The third-order valence-electron chi connectivity index (χ3n) is 6.16. The van der Waals surface area contributed by atoms with Gasteiger partial charge in [0.2, 0.25) is 0 Å². The van der Waals surface area contributed by atoms with Gasteiger partial charge >= 0.3 is 5.84 Å². The highest BCUT2D eigenvalue weighted by Crippen LogP contribution is 2.37. The summed E-state index contributed by atoms with van der Waals surface area (Å²) < 4.78 is 6.94. The fraction of sp³-hybridized carbons (Fsp3) is 0.667. The van der Waals surface area contributed by atoms with Crippen LogP contribution in [0.15, 0.2) is 24.3 Å². The van der Waals surface area contributed by atoms with Crippen LogP contribution in [0.2, 0.25) is 0 Å². The molecule has 1 aromatic carbocycles. The maximum absolute atomic E-state index is 12.8. The van der Waals surface area contributed by atoms with Crippen molar-refractivity contribution in [2.75, 3.05) is 6.61 Å². The van der Waals surface area contributed by atoms with E-state index in [1.807, 2.05) is 38.1 Å². The molecule has 1 heterocycles. The zero-order chi connectivity index (χ0) is 19.9. The molecule has 0 aliphatic carbocycles. The van der Waals surface area contributed by atoms with Gasteiger partial charge in [-0.25, -0.2) is 0 Å². The van der Waals surface area contributed by atoms with Crippen molar-refractivity contribution in [1.82, 2.24) is 5.06 Å². The van der Waals surface area contributed by atoms with Gasteiger partial charge in [-0.05, 0) is 65.2 Å². The van der Waals surface area contributed by atoms with Gasteiger partial charge in [0, 0.05) is 5.21 Å². The normalized spacial score (nSPS) is 20.6. The smallest absolute Gasteiger partial charge is 0.316 e. The number of hydrogen-bond acceptors (Lipinski definition) is 3. The highest BCUT2D eigenvalue weighted by Gasteiger charge is 2.59. The van der Waals surface area contributed by atoms with E-state index >= 15 is 0 Å². The van der Waals surface area contributed by atoms with Crippen LogP contribution in [0.3, 0.4) is 0 Å². The summed E-state index contributed by atoms with van der Waals surface area (Å²) in [6, 6.07) is 7.57. The summed E-state index contributed by atoms with van der Waals surface area (Å²) in [6.07, 6.45) is 1.08. The lowest BCUT2D eigenvalue weighted by Crippen LogP contribution is -2.53. The minimum Gasteiger partial charge on any atom is -0.714 e. The monoisotopic (exact) mass is 361 g/mol.